The zero-order valence-electron chi connectivity index (χ0n) is 11.8. The molecule has 2 aromatic heterocycles. The maximum absolute atomic E-state index is 13.0. The molecule has 114 valence electrons. The Hall–Kier alpha value is -3.42. The Labute approximate surface area is 130 Å². The average molecular weight is 310 g/mol. The van der Waals surface area contributed by atoms with Crippen molar-refractivity contribution in [2.24, 2.45) is 0 Å². The lowest BCUT2D eigenvalue weighted by Crippen LogP contribution is -2.16. The fourth-order valence-electron chi connectivity index (χ4n) is 1.85. The molecule has 3 rings (SSSR count). The summed E-state index contributed by atoms with van der Waals surface area (Å²) >= 11 is 0. The number of pyridine rings is 1. The Balaban J connectivity index is 1.89. The van der Waals surface area contributed by atoms with Gasteiger partial charge in [-0.2, -0.15) is 15.0 Å². The molecule has 0 spiro atoms. The van der Waals surface area contributed by atoms with Crippen LogP contribution in [0.15, 0.2) is 48.8 Å². The van der Waals surface area contributed by atoms with Gasteiger partial charge < -0.3 is 5.73 Å². The predicted octanol–water partition coefficient (Wildman–Crippen LogP) is 1.91. The van der Waals surface area contributed by atoms with Crippen LogP contribution in [0.3, 0.4) is 0 Å². The Morgan fingerprint density at radius 1 is 1.09 bits per heavy atom. The van der Waals surface area contributed by atoms with Gasteiger partial charge in [0.2, 0.25) is 11.9 Å². The molecule has 1 amide bonds. The summed E-state index contributed by atoms with van der Waals surface area (Å²) in [5, 5.41) is 2.53. The Bertz CT molecular complexity index is 838. The quantitative estimate of drug-likeness (QED) is 0.765. The van der Waals surface area contributed by atoms with E-state index in [1.807, 2.05) is 0 Å². The van der Waals surface area contributed by atoms with Crippen molar-refractivity contribution in [1.82, 2.24) is 19.9 Å². The number of nitrogens with two attached hydrogens (primary N) is 1. The van der Waals surface area contributed by atoms with Crippen LogP contribution in [0.5, 0.6) is 0 Å². The molecular formula is C15H11FN6O. The summed E-state index contributed by atoms with van der Waals surface area (Å²) in [5.41, 5.74) is 6.55. The summed E-state index contributed by atoms with van der Waals surface area (Å²) in [7, 11) is 0. The number of carbonyl (C=O) groups is 1. The standard InChI is InChI=1S/C15H11FN6O/c16-11-5-3-9(4-6-11)12-19-14(17)22-15(20-12)21-13(23)10-2-1-7-18-8-10/h1-8H,(H3,17,19,20,21,22,23). The number of hydrogen-bond acceptors (Lipinski definition) is 6. The minimum absolute atomic E-state index is 0.00526. The smallest absolute Gasteiger partial charge is 0.259 e. The lowest BCUT2D eigenvalue weighted by molar-refractivity contribution is 0.102. The fourth-order valence-corrected chi connectivity index (χ4v) is 1.85. The molecule has 7 nitrogen and oxygen atoms in total. The molecule has 2 heterocycles. The van der Waals surface area contributed by atoms with Crippen LogP contribution in [-0.4, -0.2) is 25.8 Å². The molecule has 0 saturated carbocycles. The average Bonchev–Trinajstić information content (AvgIpc) is 2.56. The lowest BCUT2D eigenvalue weighted by Gasteiger charge is -2.06. The van der Waals surface area contributed by atoms with Crippen LogP contribution in [0.1, 0.15) is 10.4 Å². The zero-order valence-corrected chi connectivity index (χ0v) is 11.8. The molecular weight excluding hydrogens is 299 g/mol. The van der Waals surface area contributed by atoms with Crippen molar-refractivity contribution in [2.75, 3.05) is 11.1 Å². The highest BCUT2D eigenvalue weighted by Gasteiger charge is 2.11. The molecule has 0 aliphatic rings. The Kier molecular flexibility index (Phi) is 3.88. The third-order valence-corrected chi connectivity index (χ3v) is 2.90. The summed E-state index contributed by atoms with van der Waals surface area (Å²) in [4.78, 5) is 27.9. The highest BCUT2D eigenvalue weighted by Crippen LogP contribution is 2.17. The lowest BCUT2D eigenvalue weighted by atomic mass is 10.2. The van der Waals surface area contributed by atoms with E-state index in [0.717, 1.165) is 0 Å². The molecule has 0 saturated heterocycles. The summed E-state index contributed by atoms with van der Waals surface area (Å²) in [6, 6.07) is 8.83. The van der Waals surface area contributed by atoms with Crippen molar-refractivity contribution < 1.29 is 9.18 Å². The largest absolute Gasteiger partial charge is 0.368 e. The van der Waals surface area contributed by atoms with Crippen molar-refractivity contribution in [2.45, 2.75) is 0 Å². The summed E-state index contributed by atoms with van der Waals surface area (Å²) in [6.45, 7) is 0. The molecule has 0 bridgehead atoms. The van der Waals surface area contributed by atoms with E-state index in [2.05, 4.69) is 25.3 Å². The SMILES string of the molecule is Nc1nc(NC(=O)c2cccnc2)nc(-c2ccc(F)cc2)n1. The topological polar surface area (TPSA) is 107 Å². The van der Waals surface area contributed by atoms with E-state index in [9.17, 15) is 9.18 Å². The molecule has 1 aromatic carbocycles. The predicted molar refractivity (Wildman–Crippen MR) is 81.8 cm³/mol. The molecule has 0 radical (unpaired) electrons. The Morgan fingerprint density at radius 2 is 1.87 bits per heavy atom. The molecule has 3 N–H and O–H groups in total. The van der Waals surface area contributed by atoms with Gasteiger partial charge in [0.05, 0.1) is 5.56 Å². The maximum Gasteiger partial charge on any atom is 0.259 e. The van der Waals surface area contributed by atoms with E-state index in [1.54, 1.807) is 18.3 Å². The molecule has 0 aliphatic heterocycles. The molecule has 0 aliphatic carbocycles. The molecule has 0 atom stereocenters. The van der Waals surface area contributed by atoms with Crippen molar-refractivity contribution >= 4 is 17.8 Å². The third-order valence-electron chi connectivity index (χ3n) is 2.90. The van der Waals surface area contributed by atoms with Gasteiger partial charge in [-0.15, -0.1) is 0 Å². The minimum Gasteiger partial charge on any atom is -0.368 e. The van der Waals surface area contributed by atoms with Gasteiger partial charge in [-0.05, 0) is 36.4 Å². The van der Waals surface area contributed by atoms with Gasteiger partial charge in [0.1, 0.15) is 5.82 Å². The van der Waals surface area contributed by atoms with Crippen LogP contribution in [0.4, 0.5) is 16.3 Å². The normalized spacial score (nSPS) is 10.3. The summed E-state index contributed by atoms with van der Waals surface area (Å²) < 4.78 is 13.0. The third kappa shape index (κ3) is 3.43. The van der Waals surface area contributed by atoms with Crippen LogP contribution in [0.25, 0.3) is 11.4 Å². The van der Waals surface area contributed by atoms with Crippen LogP contribution in [-0.2, 0) is 0 Å². The van der Waals surface area contributed by atoms with Gasteiger partial charge in [-0.1, -0.05) is 0 Å². The molecule has 0 unspecified atom stereocenters. The molecule has 0 fully saturated rings. The first kappa shape index (κ1) is 14.5. The number of nitrogen functional groups attached to an aromatic ring is 1. The number of nitrogens with one attached hydrogen (secondary N) is 1. The number of aromatic nitrogens is 4. The van der Waals surface area contributed by atoms with Crippen molar-refractivity contribution in [3.05, 3.63) is 60.2 Å². The number of hydrogen-bond donors (Lipinski definition) is 2. The number of anilines is 2. The first-order valence-corrected chi connectivity index (χ1v) is 6.61. The van der Waals surface area contributed by atoms with Crippen molar-refractivity contribution in [3.8, 4) is 11.4 Å². The zero-order chi connectivity index (χ0) is 16.2. The van der Waals surface area contributed by atoms with Gasteiger partial charge in [-0.3, -0.25) is 15.1 Å². The van der Waals surface area contributed by atoms with Crippen molar-refractivity contribution in [1.29, 1.82) is 0 Å². The maximum atomic E-state index is 13.0. The second kappa shape index (κ2) is 6.14. The molecule has 8 heteroatoms. The van der Waals surface area contributed by atoms with Gasteiger partial charge in [0.25, 0.3) is 5.91 Å². The first-order valence-electron chi connectivity index (χ1n) is 6.61. The summed E-state index contributed by atoms with van der Waals surface area (Å²) in [6.07, 6.45) is 2.98. The number of carbonyl (C=O) groups excluding carboxylic acids is 1. The van der Waals surface area contributed by atoms with E-state index in [0.29, 0.717) is 11.1 Å². The van der Waals surface area contributed by atoms with Gasteiger partial charge in [0.15, 0.2) is 5.82 Å². The Morgan fingerprint density at radius 3 is 2.57 bits per heavy atom. The number of amides is 1. The van der Waals surface area contributed by atoms with E-state index in [1.165, 1.54) is 30.5 Å². The van der Waals surface area contributed by atoms with Gasteiger partial charge >= 0.3 is 0 Å². The number of rotatable bonds is 3. The second-order valence-corrected chi connectivity index (χ2v) is 4.54. The monoisotopic (exact) mass is 310 g/mol. The van der Waals surface area contributed by atoms with Gasteiger partial charge in [0, 0.05) is 18.0 Å². The van der Waals surface area contributed by atoms with E-state index in [4.69, 9.17) is 5.73 Å². The fraction of sp³-hybridized carbons (Fsp3) is 0. The highest BCUT2D eigenvalue weighted by molar-refractivity contribution is 6.03. The van der Waals surface area contributed by atoms with Gasteiger partial charge in [-0.25, -0.2) is 4.39 Å². The van der Waals surface area contributed by atoms with Crippen LogP contribution >= 0.6 is 0 Å². The second-order valence-electron chi connectivity index (χ2n) is 4.54. The first-order chi connectivity index (χ1) is 11.1. The van der Waals surface area contributed by atoms with Crippen LogP contribution < -0.4 is 11.1 Å². The molecule has 23 heavy (non-hydrogen) atoms. The summed E-state index contributed by atoms with van der Waals surface area (Å²) in [5.74, 6) is -0.611. The van der Waals surface area contributed by atoms with Crippen LogP contribution in [0, 0.1) is 5.82 Å². The van der Waals surface area contributed by atoms with Crippen molar-refractivity contribution in [3.63, 3.8) is 0 Å². The minimum atomic E-state index is -0.422. The van der Waals surface area contributed by atoms with E-state index >= 15 is 0 Å². The number of nitrogens with zero attached hydrogens (tertiary/aromatic N) is 4. The number of halogens is 1. The van der Waals surface area contributed by atoms with E-state index in [-0.39, 0.29) is 23.5 Å². The highest BCUT2D eigenvalue weighted by atomic mass is 19.1. The van der Waals surface area contributed by atoms with Crippen LogP contribution in [0.2, 0.25) is 0 Å². The van der Waals surface area contributed by atoms with E-state index < -0.39 is 5.91 Å². The number of benzene rings is 1. The molecule has 3 aromatic rings.